The maximum Gasteiger partial charge on any atom is 0.264 e. The van der Waals surface area contributed by atoms with E-state index in [-0.39, 0.29) is 12.5 Å². The smallest absolute Gasteiger partial charge is 0.264 e. The lowest BCUT2D eigenvalue weighted by atomic mass is 9.83. The third kappa shape index (κ3) is 3.05. The molecule has 2 bridgehead atoms. The Balaban J connectivity index is 1.43. The minimum Gasteiger partial charge on any atom is -0.321 e. The van der Waals surface area contributed by atoms with Crippen molar-refractivity contribution in [2.24, 2.45) is 11.7 Å². The molecule has 0 radical (unpaired) electrons. The lowest BCUT2D eigenvalue weighted by Gasteiger charge is -2.50. The van der Waals surface area contributed by atoms with Crippen LogP contribution in [0.15, 0.2) is 0 Å². The molecule has 1 unspecified atom stereocenters. The van der Waals surface area contributed by atoms with Crippen molar-refractivity contribution in [2.45, 2.75) is 93.9 Å². The number of nitrogens with two attached hydrogens (primary N) is 1. The van der Waals surface area contributed by atoms with E-state index < -0.39 is 12.0 Å². The predicted molar refractivity (Wildman–Crippen MR) is 87.6 cm³/mol. The van der Waals surface area contributed by atoms with Crippen LogP contribution in [0.2, 0.25) is 0 Å². The second kappa shape index (κ2) is 5.92. The number of fused-ring (bicyclic) bond motifs is 2. The third-order valence-electron chi connectivity index (χ3n) is 6.93. The van der Waals surface area contributed by atoms with E-state index >= 15 is 0 Å². The lowest BCUT2D eigenvalue weighted by molar-refractivity contribution is -0.0978. The summed E-state index contributed by atoms with van der Waals surface area (Å²) in [5.41, 5.74) is 6.01. The Bertz CT molecular complexity index is 426. The fourth-order valence-corrected chi connectivity index (χ4v) is 5.45. The van der Waals surface area contributed by atoms with E-state index in [1.54, 1.807) is 0 Å². The molecule has 2 aliphatic heterocycles. The first kappa shape index (κ1) is 16.2. The van der Waals surface area contributed by atoms with Gasteiger partial charge < -0.3 is 10.6 Å². The third-order valence-corrected chi connectivity index (χ3v) is 6.93. The minimum absolute atomic E-state index is 0.0272. The van der Waals surface area contributed by atoms with Crippen molar-refractivity contribution < 1.29 is 8.78 Å². The van der Waals surface area contributed by atoms with Crippen LogP contribution in [-0.2, 0) is 0 Å². The summed E-state index contributed by atoms with van der Waals surface area (Å²) in [5.74, 6) is -1.76. The first-order chi connectivity index (χ1) is 11.0. The predicted octanol–water partition coefficient (Wildman–Crippen LogP) is 2.84. The van der Waals surface area contributed by atoms with Gasteiger partial charge in [0.1, 0.15) is 0 Å². The molecule has 23 heavy (non-hydrogen) atoms. The molecule has 0 aromatic carbocycles. The normalized spacial score (nSPS) is 44.0. The molecule has 5 heteroatoms. The second-order valence-corrected chi connectivity index (χ2v) is 8.59. The molecule has 2 aliphatic carbocycles. The molecule has 0 aromatic rings. The number of rotatable bonds is 4. The van der Waals surface area contributed by atoms with E-state index in [2.05, 4.69) is 16.8 Å². The van der Waals surface area contributed by atoms with Gasteiger partial charge in [0, 0.05) is 37.1 Å². The van der Waals surface area contributed by atoms with E-state index in [1.807, 2.05) is 0 Å². The quantitative estimate of drug-likeness (QED) is 0.862. The summed E-state index contributed by atoms with van der Waals surface area (Å²) in [7, 11) is 2.26. The Kier molecular flexibility index (Phi) is 4.18. The molecule has 5 atom stereocenters. The Labute approximate surface area is 138 Å². The summed E-state index contributed by atoms with van der Waals surface area (Å²) in [6.07, 6.45) is 8.87. The van der Waals surface area contributed by atoms with Gasteiger partial charge in [-0.15, -0.1) is 0 Å². The Hall–Kier alpha value is -0.260. The second-order valence-electron chi connectivity index (χ2n) is 8.59. The van der Waals surface area contributed by atoms with Gasteiger partial charge in [-0.1, -0.05) is 0 Å². The van der Waals surface area contributed by atoms with Crippen LogP contribution in [0, 0.1) is 5.92 Å². The number of hydrogen-bond donors (Lipinski definition) is 1. The maximum atomic E-state index is 14.1. The van der Waals surface area contributed by atoms with Gasteiger partial charge >= 0.3 is 0 Å². The van der Waals surface area contributed by atoms with Crippen LogP contribution in [-0.4, -0.2) is 59.5 Å². The molecule has 2 saturated heterocycles. The molecule has 2 heterocycles. The highest BCUT2D eigenvalue weighted by atomic mass is 19.3. The zero-order chi connectivity index (χ0) is 16.2. The standard InChI is InChI=1S/C18H31F2N3/c1-22(11-12-4-5-12)15-9-13-6-7-14(10-15)23(13)16-3-2-8-18(19,20)17(16)21/h12-17H,2-11,21H2,1H3/t13-,14+,15?,16-,17+/m0/s1. The fraction of sp³-hybridized carbons (Fsp3) is 1.00. The molecule has 0 spiro atoms. The first-order valence-electron chi connectivity index (χ1n) is 9.57. The molecule has 0 aromatic heterocycles. The van der Waals surface area contributed by atoms with Gasteiger partial charge in [0.25, 0.3) is 5.92 Å². The van der Waals surface area contributed by atoms with Crippen LogP contribution in [0.5, 0.6) is 0 Å². The highest BCUT2D eigenvalue weighted by Crippen LogP contribution is 2.44. The summed E-state index contributed by atoms with van der Waals surface area (Å²) >= 11 is 0. The van der Waals surface area contributed by atoms with Crippen molar-refractivity contribution in [1.82, 2.24) is 9.80 Å². The van der Waals surface area contributed by atoms with Gasteiger partial charge in [0.15, 0.2) is 0 Å². The molecule has 4 fully saturated rings. The lowest BCUT2D eigenvalue weighted by Crippen LogP contribution is -2.63. The van der Waals surface area contributed by atoms with Crippen LogP contribution in [0.25, 0.3) is 0 Å². The minimum atomic E-state index is -2.68. The zero-order valence-electron chi connectivity index (χ0n) is 14.3. The van der Waals surface area contributed by atoms with Crippen LogP contribution in [0.1, 0.15) is 57.8 Å². The number of piperidine rings is 1. The largest absolute Gasteiger partial charge is 0.321 e. The number of alkyl halides is 2. The van der Waals surface area contributed by atoms with Crippen molar-refractivity contribution in [3.8, 4) is 0 Å². The summed E-state index contributed by atoms with van der Waals surface area (Å²) in [6, 6.07) is 0.520. The zero-order valence-corrected chi connectivity index (χ0v) is 14.3. The first-order valence-corrected chi connectivity index (χ1v) is 9.57. The number of halogens is 2. The van der Waals surface area contributed by atoms with E-state index in [0.717, 1.165) is 25.2 Å². The monoisotopic (exact) mass is 327 g/mol. The number of hydrogen-bond acceptors (Lipinski definition) is 3. The van der Waals surface area contributed by atoms with E-state index in [9.17, 15) is 8.78 Å². The molecule has 2 N–H and O–H groups in total. The van der Waals surface area contributed by atoms with Crippen LogP contribution >= 0.6 is 0 Å². The number of nitrogens with zero attached hydrogens (tertiary/aromatic N) is 2. The SMILES string of the molecule is CN(CC1CC1)C1C[C@H]2CC[C@@H](C1)N2[C@H]1CCCC(F)(F)[C@@H]1N. The van der Waals surface area contributed by atoms with Crippen molar-refractivity contribution in [3.05, 3.63) is 0 Å². The van der Waals surface area contributed by atoms with Crippen molar-refractivity contribution in [1.29, 1.82) is 0 Å². The summed E-state index contributed by atoms with van der Waals surface area (Å²) < 4.78 is 28.1. The molecule has 2 saturated carbocycles. The molecule has 4 aliphatic rings. The average Bonchev–Trinajstić information content (AvgIpc) is 3.27. The highest BCUT2D eigenvalue weighted by molar-refractivity contribution is 5.06. The topological polar surface area (TPSA) is 32.5 Å². The van der Waals surface area contributed by atoms with Crippen molar-refractivity contribution in [3.63, 3.8) is 0 Å². The van der Waals surface area contributed by atoms with Crippen LogP contribution in [0.3, 0.4) is 0 Å². The molecular weight excluding hydrogens is 296 g/mol. The van der Waals surface area contributed by atoms with Gasteiger partial charge in [0.05, 0.1) is 6.04 Å². The summed E-state index contributed by atoms with van der Waals surface area (Å²) in [6.45, 7) is 1.23. The summed E-state index contributed by atoms with van der Waals surface area (Å²) in [4.78, 5) is 4.98. The Morgan fingerprint density at radius 1 is 1.09 bits per heavy atom. The maximum absolute atomic E-state index is 14.1. The average molecular weight is 327 g/mol. The van der Waals surface area contributed by atoms with Gasteiger partial charge in [-0.3, -0.25) is 4.90 Å². The molecule has 132 valence electrons. The van der Waals surface area contributed by atoms with Crippen molar-refractivity contribution in [2.75, 3.05) is 13.6 Å². The highest BCUT2D eigenvalue weighted by Gasteiger charge is 2.52. The molecular formula is C18H31F2N3. The van der Waals surface area contributed by atoms with E-state index in [0.29, 0.717) is 24.5 Å². The van der Waals surface area contributed by atoms with Gasteiger partial charge in [-0.2, -0.15) is 0 Å². The Morgan fingerprint density at radius 2 is 1.74 bits per heavy atom. The summed E-state index contributed by atoms with van der Waals surface area (Å²) in [5, 5.41) is 0. The molecule has 0 amide bonds. The molecule has 3 nitrogen and oxygen atoms in total. The van der Waals surface area contributed by atoms with Gasteiger partial charge in [0.2, 0.25) is 0 Å². The van der Waals surface area contributed by atoms with E-state index in [1.165, 1.54) is 32.2 Å². The van der Waals surface area contributed by atoms with E-state index in [4.69, 9.17) is 5.73 Å². The van der Waals surface area contributed by atoms with Gasteiger partial charge in [-0.05, 0) is 64.3 Å². The Morgan fingerprint density at radius 3 is 2.35 bits per heavy atom. The van der Waals surface area contributed by atoms with Gasteiger partial charge in [-0.25, -0.2) is 8.78 Å². The fourth-order valence-electron chi connectivity index (χ4n) is 5.45. The molecule has 4 rings (SSSR count). The van der Waals surface area contributed by atoms with Crippen LogP contribution < -0.4 is 5.73 Å². The van der Waals surface area contributed by atoms with Crippen LogP contribution in [0.4, 0.5) is 8.78 Å². The van der Waals surface area contributed by atoms with Crippen molar-refractivity contribution >= 4 is 0 Å².